The second-order valence-electron chi connectivity index (χ2n) is 0.715. The largest absolute Gasteiger partial charge is 2.00 e. The third-order valence-electron chi connectivity index (χ3n) is 0.232. The first-order valence-corrected chi connectivity index (χ1v) is 1.02. The summed E-state index contributed by atoms with van der Waals surface area (Å²) in [5, 5.41) is 15.5. The quantitative estimate of drug-likeness (QED) is 0.168. The summed E-state index contributed by atoms with van der Waals surface area (Å²) < 4.78 is 0. The van der Waals surface area contributed by atoms with Crippen molar-refractivity contribution in [2.24, 2.45) is 0 Å². The van der Waals surface area contributed by atoms with E-state index >= 15 is 0 Å². The second kappa shape index (κ2) is 1.61. The molecule has 34 valence electrons. The molecule has 1 heterocycles. The molecular weight excluding hydrogens is 100 g/mol. The summed E-state index contributed by atoms with van der Waals surface area (Å²) in [6.45, 7) is 0. The Morgan fingerprint density at radius 2 is 1.50 bits per heavy atom. The molecule has 4 nitrogen and oxygen atoms in total. The Kier molecular flexibility index (Phi) is 1.77. The molecule has 0 saturated carbocycles. The van der Waals surface area contributed by atoms with Gasteiger partial charge in [0.1, 0.15) is 0 Å². The maximum Gasteiger partial charge on any atom is 2.00 e. The SMILES string of the molecule is OC1(O)OO1.[H-].[H-].[Mg+2]. The standard InChI is InChI=1S/CH2O4.Mg.2H/c2-1(3)4-5-1;;;/h2-3H;;;/q;+2;2*-1. The molecule has 0 bridgehead atoms. The third-order valence-corrected chi connectivity index (χ3v) is 0.232. The van der Waals surface area contributed by atoms with Crippen molar-refractivity contribution in [2.45, 2.75) is 6.16 Å². The fourth-order valence-electron chi connectivity index (χ4n) is 0.0373. The fourth-order valence-corrected chi connectivity index (χ4v) is 0.0373. The Bertz CT molecular complexity index is 52.0. The minimum atomic E-state index is -2.25. The van der Waals surface area contributed by atoms with E-state index in [0.29, 0.717) is 0 Å². The molecule has 0 aliphatic carbocycles. The van der Waals surface area contributed by atoms with Crippen LogP contribution in [0.5, 0.6) is 0 Å². The van der Waals surface area contributed by atoms with Crippen molar-refractivity contribution in [2.75, 3.05) is 0 Å². The molecule has 0 unspecified atom stereocenters. The van der Waals surface area contributed by atoms with Gasteiger partial charge in [-0.05, 0) is 0 Å². The van der Waals surface area contributed by atoms with Crippen molar-refractivity contribution in [1.29, 1.82) is 0 Å². The molecule has 1 rings (SSSR count). The minimum Gasteiger partial charge on any atom is -1.00 e. The van der Waals surface area contributed by atoms with E-state index in [1.807, 2.05) is 0 Å². The van der Waals surface area contributed by atoms with Crippen LogP contribution in [0.4, 0.5) is 0 Å². The summed E-state index contributed by atoms with van der Waals surface area (Å²) in [5.74, 6) is 0. The molecule has 1 aliphatic heterocycles. The molecule has 0 amide bonds. The second-order valence-corrected chi connectivity index (χ2v) is 0.715. The zero-order valence-corrected chi connectivity index (χ0v) is 4.33. The van der Waals surface area contributed by atoms with E-state index in [-0.39, 0.29) is 25.9 Å². The first kappa shape index (κ1) is 6.61. The summed E-state index contributed by atoms with van der Waals surface area (Å²) in [6.07, 6.45) is -2.25. The van der Waals surface area contributed by atoms with E-state index in [1.165, 1.54) is 0 Å². The van der Waals surface area contributed by atoms with Crippen molar-refractivity contribution in [3.05, 3.63) is 0 Å². The molecule has 2 N–H and O–H groups in total. The van der Waals surface area contributed by atoms with Gasteiger partial charge in [0.15, 0.2) is 0 Å². The van der Waals surface area contributed by atoms with Crippen LogP contribution in [0, 0.1) is 0 Å². The molecule has 0 radical (unpaired) electrons. The number of hydrogen-bond acceptors (Lipinski definition) is 4. The monoisotopic (exact) mass is 104 g/mol. The Hall–Kier alpha value is 0.606. The van der Waals surface area contributed by atoms with Gasteiger partial charge in [0, 0.05) is 0 Å². The van der Waals surface area contributed by atoms with Crippen molar-refractivity contribution < 1.29 is 22.8 Å². The first-order chi connectivity index (χ1) is 2.21. The van der Waals surface area contributed by atoms with Crippen molar-refractivity contribution in [3.8, 4) is 0 Å². The average molecular weight is 104 g/mol. The molecule has 6 heavy (non-hydrogen) atoms. The molecule has 1 aliphatic rings. The first-order valence-electron chi connectivity index (χ1n) is 1.02. The van der Waals surface area contributed by atoms with Crippen LogP contribution in [0.25, 0.3) is 0 Å². The van der Waals surface area contributed by atoms with E-state index in [2.05, 4.69) is 9.78 Å². The van der Waals surface area contributed by atoms with Crippen molar-refractivity contribution >= 4 is 23.1 Å². The molecule has 0 aromatic carbocycles. The van der Waals surface area contributed by atoms with E-state index in [4.69, 9.17) is 10.2 Å². The van der Waals surface area contributed by atoms with Gasteiger partial charge < -0.3 is 13.1 Å². The smallest absolute Gasteiger partial charge is 1.00 e. The van der Waals surface area contributed by atoms with Crippen LogP contribution in [-0.2, 0) is 9.78 Å². The van der Waals surface area contributed by atoms with E-state index < -0.39 is 6.16 Å². The van der Waals surface area contributed by atoms with E-state index in [9.17, 15) is 0 Å². The van der Waals surface area contributed by atoms with Crippen molar-refractivity contribution in [1.82, 2.24) is 0 Å². The molecule has 0 aromatic rings. The van der Waals surface area contributed by atoms with E-state index in [1.54, 1.807) is 0 Å². The molecule has 1 saturated heterocycles. The number of hydrogen-bond donors (Lipinski definition) is 2. The summed E-state index contributed by atoms with van der Waals surface area (Å²) in [4.78, 5) is 7.01. The molecule has 0 aromatic heterocycles. The topological polar surface area (TPSA) is 65.5 Å². The van der Waals surface area contributed by atoms with Crippen LogP contribution in [0.2, 0.25) is 0 Å². The molecule has 0 spiro atoms. The van der Waals surface area contributed by atoms with Gasteiger partial charge in [0.2, 0.25) is 0 Å². The zero-order chi connectivity index (χ0) is 3.91. The predicted molar refractivity (Wildman–Crippen MR) is 17.3 cm³/mol. The van der Waals surface area contributed by atoms with Crippen LogP contribution in [0.1, 0.15) is 2.85 Å². The summed E-state index contributed by atoms with van der Waals surface area (Å²) >= 11 is 0. The zero-order valence-electron chi connectivity index (χ0n) is 4.92. The van der Waals surface area contributed by atoms with Crippen LogP contribution >= 0.6 is 0 Å². The van der Waals surface area contributed by atoms with Gasteiger partial charge in [0.25, 0.3) is 0 Å². The van der Waals surface area contributed by atoms with Crippen LogP contribution in [0.3, 0.4) is 0 Å². The van der Waals surface area contributed by atoms with Gasteiger partial charge in [-0.15, -0.1) is 9.78 Å². The van der Waals surface area contributed by atoms with Gasteiger partial charge in [-0.2, -0.15) is 0 Å². The summed E-state index contributed by atoms with van der Waals surface area (Å²) in [7, 11) is 0. The van der Waals surface area contributed by atoms with Crippen LogP contribution in [0.15, 0.2) is 0 Å². The number of aliphatic hydroxyl groups is 2. The van der Waals surface area contributed by atoms with Gasteiger partial charge in [0.05, 0.1) is 0 Å². The number of rotatable bonds is 0. The fraction of sp³-hybridized carbons (Fsp3) is 1.00. The Morgan fingerprint density at radius 3 is 1.50 bits per heavy atom. The average Bonchev–Trinajstić information content (AvgIpc) is 1.76. The minimum absolute atomic E-state index is 0. The van der Waals surface area contributed by atoms with Crippen molar-refractivity contribution in [3.63, 3.8) is 0 Å². The summed E-state index contributed by atoms with van der Waals surface area (Å²) in [5.41, 5.74) is 0. The maximum absolute atomic E-state index is 7.74. The maximum atomic E-state index is 7.74. The van der Waals surface area contributed by atoms with Gasteiger partial charge in [-0.25, -0.2) is 0 Å². The normalized spacial score (nSPS) is 25.0. The van der Waals surface area contributed by atoms with Gasteiger partial charge >= 0.3 is 29.2 Å². The van der Waals surface area contributed by atoms with Crippen LogP contribution in [-0.4, -0.2) is 39.4 Å². The van der Waals surface area contributed by atoms with Crippen LogP contribution < -0.4 is 0 Å². The molecule has 5 heteroatoms. The molecule has 1 fully saturated rings. The Balaban J connectivity index is -0.0000000833. The third kappa shape index (κ3) is 1.91. The Morgan fingerprint density at radius 1 is 1.33 bits per heavy atom. The Labute approximate surface area is 52.7 Å². The van der Waals surface area contributed by atoms with E-state index in [0.717, 1.165) is 0 Å². The molecular formula is CH4MgO4. The predicted octanol–water partition coefficient (Wildman–Crippen LogP) is -1.61. The van der Waals surface area contributed by atoms with Gasteiger partial charge in [-0.1, -0.05) is 0 Å². The summed E-state index contributed by atoms with van der Waals surface area (Å²) in [6, 6.07) is 0. The van der Waals surface area contributed by atoms with Gasteiger partial charge in [-0.3, -0.25) is 0 Å². The molecule has 0 atom stereocenters.